The lowest BCUT2D eigenvalue weighted by Crippen LogP contribution is -2.48. The van der Waals surface area contributed by atoms with Crippen LogP contribution >= 0.6 is 0 Å². The first-order valence-electron chi connectivity index (χ1n) is 7.99. The molecular weight excluding hydrogens is 283 g/mol. The number of rotatable bonds is 7. The molecule has 0 aromatic rings. The van der Waals surface area contributed by atoms with E-state index in [0.29, 0.717) is 5.92 Å². The summed E-state index contributed by atoms with van der Waals surface area (Å²) in [6.07, 6.45) is 0.775. The van der Waals surface area contributed by atoms with Crippen LogP contribution in [0.25, 0.3) is 0 Å². The van der Waals surface area contributed by atoms with Gasteiger partial charge in [-0.05, 0) is 31.6 Å². The molecule has 6 heteroatoms. The van der Waals surface area contributed by atoms with Gasteiger partial charge in [0.25, 0.3) is 0 Å². The molecule has 124 valence electrons. The van der Waals surface area contributed by atoms with Crippen LogP contribution in [0.3, 0.4) is 0 Å². The molecule has 3 unspecified atom stereocenters. The average molecular weight is 309 g/mol. The quantitative estimate of drug-likeness (QED) is 0.759. The van der Waals surface area contributed by atoms with Gasteiger partial charge in [-0.2, -0.15) is 13.2 Å². The summed E-state index contributed by atoms with van der Waals surface area (Å²) in [4.78, 5) is 0. The maximum atomic E-state index is 12.7. The molecule has 0 spiro atoms. The Labute approximate surface area is 124 Å². The smallest absolute Gasteiger partial charge is 0.389 e. The fraction of sp³-hybridized carbons (Fsp3) is 1.00. The van der Waals surface area contributed by atoms with Crippen molar-refractivity contribution in [2.75, 3.05) is 13.2 Å². The number of ether oxygens (including phenoxy) is 1. The zero-order valence-electron chi connectivity index (χ0n) is 12.6. The molecule has 2 fully saturated rings. The molecule has 3 atom stereocenters. The molecule has 2 N–H and O–H groups in total. The van der Waals surface area contributed by atoms with Crippen molar-refractivity contribution in [2.45, 2.75) is 75.8 Å². The van der Waals surface area contributed by atoms with Crippen molar-refractivity contribution in [2.24, 2.45) is 5.92 Å². The van der Waals surface area contributed by atoms with Gasteiger partial charge in [-0.1, -0.05) is 26.2 Å². The van der Waals surface area contributed by atoms with Gasteiger partial charge >= 0.3 is 6.18 Å². The van der Waals surface area contributed by atoms with E-state index >= 15 is 0 Å². The van der Waals surface area contributed by atoms with E-state index in [0.717, 1.165) is 25.7 Å². The van der Waals surface area contributed by atoms with Crippen LogP contribution in [0.4, 0.5) is 13.2 Å². The van der Waals surface area contributed by atoms with E-state index in [1.54, 1.807) is 0 Å². The second-order valence-electron chi connectivity index (χ2n) is 6.44. The second kappa shape index (κ2) is 6.84. The van der Waals surface area contributed by atoms with E-state index in [4.69, 9.17) is 4.74 Å². The minimum Gasteiger partial charge on any atom is -0.389 e. The van der Waals surface area contributed by atoms with Gasteiger partial charge in [0.2, 0.25) is 0 Å². The summed E-state index contributed by atoms with van der Waals surface area (Å²) in [5, 5.41) is 12.3. The highest BCUT2D eigenvalue weighted by atomic mass is 19.4. The Hall–Kier alpha value is -0.330. The highest BCUT2D eigenvalue weighted by molar-refractivity contribution is 5.08. The molecule has 0 aromatic carbocycles. The molecule has 2 aliphatic carbocycles. The fourth-order valence-electron chi connectivity index (χ4n) is 3.15. The van der Waals surface area contributed by atoms with Crippen LogP contribution in [0.5, 0.6) is 0 Å². The Morgan fingerprint density at radius 2 is 1.95 bits per heavy atom. The van der Waals surface area contributed by atoms with Crippen molar-refractivity contribution in [3.05, 3.63) is 0 Å². The van der Waals surface area contributed by atoms with E-state index in [1.165, 1.54) is 6.42 Å². The van der Waals surface area contributed by atoms with E-state index in [1.807, 2.05) is 0 Å². The summed E-state index contributed by atoms with van der Waals surface area (Å²) < 4.78 is 44.0. The van der Waals surface area contributed by atoms with Crippen LogP contribution in [0, 0.1) is 5.92 Å². The molecule has 2 rings (SSSR count). The lowest BCUT2D eigenvalue weighted by molar-refractivity contribution is -0.167. The van der Waals surface area contributed by atoms with Gasteiger partial charge in [0.05, 0.1) is 18.8 Å². The van der Waals surface area contributed by atoms with Gasteiger partial charge in [-0.25, -0.2) is 0 Å². The van der Waals surface area contributed by atoms with E-state index in [-0.39, 0.29) is 32.1 Å². The van der Waals surface area contributed by atoms with Crippen LogP contribution in [-0.4, -0.2) is 42.2 Å². The maximum Gasteiger partial charge on any atom is 0.406 e. The third-order valence-electron chi connectivity index (χ3n) is 4.84. The molecule has 0 heterocycles. The van der Waals surface area contributed by atoms with Crippen molar-refractivity contribution in [1.82, 2.24) is 5.32 Å². The van der Waals surface area contributed by atoms with E-state index in [9.17, 15) is 18.3 Å². The first kappa shape index (κ1) is 17.0. The van der Waals surface area contributed by atoms with Gasteiger partial charge < -0.3 is 15.2 Å². The minimum atomic E-state index is -4.23. The van der Waals surface area contributed by atoms with Gasteiger partial charge in [0, 0.05) is 6.54 Å². The average Bonchev–Trinajstić information content (AvgIpc) is 3.24. The van der Waals surface area contributed by atoms with Crippen molar-refractivity contribution >= 4 is 0 Å². The molecule has 0 saturated heterocycles. The zero-order valence-corrected chi connectivity index (χ0v) is 12.6. The number of nitrogens with one attached hydrogen (secondary N) is 1. The molecule has 0 radical (unpaired) electrons. The van der Waals surface area contributed by atoms with Crippen molar-refractivity contribution in [1.29, 1.82) is 0 Å². The first-order valence-corrected chi connectivity index (χ1v) is 7.99. The summed E-state index contributed by atoms with van der Waals surface area (Å²) >= 11 is 0. The Morgan fingerprint density at radius 3 is 2.52 bits per heavy atom. The summed E-state index contributed by atoms with van der Waals surface area (Å²) in [7, 11) is 0. The second-order valence-corrected chi connectivity index (χ2v) is 6.44. The molecule has 0 amide bonds. The normalized spacial score (nSPS) is 30.1. The lowest BCUT2D eigenvalue weighted by Gasteiger charge is -2.31. The molecule has 0 aromatic heterocycles. The molecule has 21 heavy (non-hydrogen) atoms. The van der Waals surface area contributed by atoms with Crippen molar-refractivity contribution in [3.8, 4) is 0 Å². The number of alkyl halides is 3. The third kappa shape index (κ3) is 4.33. The summed E-state index contributed by atoms with van der Waals surface area (Å²) in [6.45, 7) is 2.18. The number of β-amino-alcohol motifs (C(OH)–C–C–N with tert-alkyl or cyclic N) is 1. The van der Waals surface area contributed by atoms with Crippen molar-refractivity contribution in [3.63, 3.8) is 0 Å². The van der Waals surface area contributed by atoms with Gasteiger partial charge in [-0.3, -0.25) is 0 Å². The Bertz CT molecular complexity index is 331. The zero-order chi connectivity index (χ0) is 15.5. The third-order valence-corrected chi connectivity index (χ3v) is 4.84. The SMILES string of the molecule is CCC1CCCCC1OCC(O)CNC1(C(F)(F)F)CC1. The van der Waals surface area contributed by atoms with E-state index in [2.05, 4.69) is 12.2 Å². The minimum absolute atomic E-state index is 0.0664. The highest BCUT2D eigenvalue weighted by Gasteiger charge is 2.63. The summed E-state index contributed by atoms with van der Waals surface area (Å²) in [5.41, 5.74) is -1.76. The van der Waals surface area contributed by atoms with Crippen LogP contribution in [-0.2, 0) is 4.74 Å². The van der Waals surface area contributed by atoms with Crippen LogP contribution in [0.1, 0.15) is 51.9 Å². The first-order chi connectivity index (χ1) is 9.88. The number of hydrogen-bond donors (Lipinski definition) is 2. The number of aliphatic hydroxyl groups excluding tert-OH is 1. The molecule has 0 aliphatic heterocycles. The molecule has 0 bridgehead atoms. The number of halogens is 3. The predicted molar refractivity (Wildman–Crippen MR) is 74.0 cm³/mol. The monoisotopic (exact) mass is 309 g/mol. The Balaban J connectivity index is 1.69. The van der Waals surface area contributed by atoms with Crippen molar-refractivity contribution < 1.29 is 23.0 Å². The van der Waals surface area contributed by atoms with Gasteiger partial charge in [0.1, 0.15) is 5.54 Å². The highest BCUT2D eigenvalue weighted by Crippen LogP contribution is 2.48. The van der Waals surface area contributed by atoms with E-state index < -0.39 is 17.8 Å². The maximum absolute atomic E-state index is 12.7. The molecule has 2 saturated carbocycles. The topological polar surface area (TPSA) is 41.5 Å². The fourth-order valence-corrected chi connectivity index (χ4v) is 3.15. The van der Waals surface area contributed by atoms with Gasteiger partial charge in [-0.15, -0.1) is 0 Å². The van der Waals surface area contributed by atoms with Crippen LogP contribution in [0.2, 0.25) is 0 Å². The Kier molecular flexibility index (Phi) is 5.54. The van der Waals surface area contributed by atoms with Gasteiger partial charge in [0.15, 0.2) is 0 Å². The lowest BCUT2D eigenvalue weighted by atomic mass is 9.85. The summed E-state index contributed by atoms with van der Waals surface area (Å²) in [6, 6.07) is 0. The summed E-state index contributed by atoms with van der Waals surface area (Å²) in [5.74, 6) is 0.517. The largest absolute Gasteiger partial charge is 0.406 e. The standard InChI is InChI=1S/C15H26F3NO2/c1-2-11-5-3-4-6-13(11)21-10-12(20)9-19-14(7-8-14)15(16,17)18/h11-13,19-20H,2-10H2,1H3. The number of hydrogen-bond acceptors (Lipinski definition) is 3. The van der Waals surface area contributed by atoms with Crippen LogP contribution in [0.15, 0.2) is 0 Å². The molecule has 3 nitrogen and oxygen atoms in total. The molecule has 2 aliphatic rings. The number of aliphatic hydroxyl groups is 1. The Morgan fingerprint density at radius 1 is 1.29 bits per heavy atom. The predicted octanol–water partition coefficient (Wildman–Crippen LogP) is 3.02. The molecular formula is C15H26F3NO2. The van der Waals surface area contributed by atoms with Crippen LogP contribution < -0.4 is 5.32 Å².